The van der Waals surface area contributed by atoms with Crippen LogP contribution < -0.4 is 5.32 Å². The molecule has 0 radical (unpaired) electrons. The van der Waals surface area contributed by atoms with Crippen molar-refractivity contribution in [1.82, 2.24) is 25.1 Å². The third-order valence-electron chi connectivity index (χ3n) is 2.47. The van der Waals surface area contributed by atoms with Crippen molar-refractivity contribution in [3.63, 3.8) is 0 Å². The summed E-state index contributed by atoms with van der Waals surface area (Å²) in [6.45, 7) is 0.372. The van der Waals surface area contributed by atoms with Gasteiger partial charge >= 0.3 is 0 Å². The van der Waals surface area contributed by atoms with Crippen molar-refractivity contribution in [2.75, 3.05) is 19.4 Å². The first-order chi connectivity index (χ1) is 8.72. The first-order valence-corrected chi connectivity index (χ1v) is 5.45. The Morgan fingerprint density at radius 3 is 3.00 bits per heavy atom. The van der Waals surface area contributed by atoms with Crippen LogP contribution in [-0.2, 0) is 6.54 Å². The number of pyridine rings is 1. The molecule has 7 nitrogen and oxygen atoms in total. The molecule has 0 aliphatic heterocycles. The summed E-state index contributed by atoms with van der Waals surface area (Å²) in [7, 11) is 3.44. The Morgan fingerprint density at radius 2 is 2.33 bits per heavy atom. The second-order valence-corrected chi connectivity index (χ2v) is 3.74. The van der Waals surface area contributed by atoms with Gasteiger partial charge in [0.15, 0.2) is 0 Å². The van der Waals surface area contributed by atoms with Gasteiger partial charge in [0.2, 0.25) is 0 Å². The number of carbonyl (C=O) groups excluding carboxylic acids is 1. The van der Waals surface area contributed by atoms with Gasteiger partial charge in [-0.25, -0.2) is 9.97 Å². The number of carbonyl (C=O) groups is 1. The Kier molecular flexibility index (Phi) is 3.52. The second kappa shape index (κ2) is 5.26. The lowest BCUT2D eigenvalue weighted by molar-refractivity contribution is 0.0782. The first kappa shape index (κ1) is 12.0. The maximum Gasteiger partial charge on any atom is 0.257 e. The molecule has 1 amide bonds. The molecule has 0 unspecified atom stereocenters. The van der Waals surface area contributed by atoms with Gasteiger partial charge in [0, 0.05) is 20.3 Å². The zero-order chi connectivity index (χ0) is 13.0. The van der Waals surface area contributed by atoms with Gasteiger partial charge in [-0.1, -0.05) is 0 Å². The van der Waals surface area contributed by atoms with Crippen molar-refractivity contribution in [1.29, 1.82) is 0 Å². The number of hydrogen-bond donors (Lipinski definition) is 2. The Morgan fingerprint density at radius 1 is 1.50 bits per heavy atom. The van der Waals surface area contributed by atoms with Crippen LogP contribution in [0.2, 0.25) is 0 Å². The molecule has 0 atom stereocenters. The Bertz CT molecular complexity index is 524. The molecule has 18 heavy (non-hydrogen) atoms. The Labute approximate surface area is 104 Å². The van der Waals surface area contributed by atoms with E-state index in [1.165, 1.54) is 6.33 Å². The minimum atomic E-state index is -0.121. The van der Waals surface area contributed by atoms with E-state index >= 15 is 0 Å². The smallest absolute Gasteiger partial charge is 0.257 e. The number of nitrogens with one attached hydrogen (secondary N) is 2. The van der Waals surface area contributed by atoms with Gasteiger partial charge < -0.3 is 10.2 Å². The van der Waals surface area contributed by atoms with E-state index in [4.69, 9.17) is 0 Å². The van der Waals surface area contributed by atoms with Crippen LogP contribution >= 0.6 is 0 Å². The molecule has 7 heteroatoms. The van der Waals surface area contributed by atoms with Crippen molar-refractivity contribution in [2.24, 2.45) is 0 Å². The van der Waals surface area contributed by atoms with E-state index in [0.29, 0.717) is 23.8 Å². The van der Waals surface area contributed by atoms with Gasteiger partial charge in [0.25, 0.3) is 5.91 Å². The van der Waals surface area contributed by atoms with Gasteiger partial charge in [-0.2, -0.15) is 5.10 Å². The highest BCUT2D eigenvalue weighted by atomic mass is 16.2. The second-order valence-electron chi connectivity index (χ2n) is 3.74. The van der Waals surface area contributed by atoms with Crippen molar-refractivity contribution in [3.8, 4) is 0 Å². The monoisotopic (exact) mass is 246 g/mol. The summed E-state index contributed by atoms with van der Waals surface area (Å²) >= 11 is 0. The van der Waals surface area contributed by atoms with Crippen molar-refractivity contribution < 1.29 is 4.79 Å². The number of aromatic amines is 1. The number of anilines is 1. The molecule has 0 aliphatic rings. The van der Waals surface area contributed by atoms with Crippen LogP contribution in [0.3, 0.4) is 0 Å². The lowest BCUT2D eigenvalue weighted by Crippen LogP contribution is -2.27. The molecule has 94 valence electrons. The zero-order valence-electron chi connectivity index (χ0n) is 10.2. The number of H-pyrrole nitrogens is 1. The summed E-state index contributed by atoms with van der Waals surface area (Å²) in [5.41, 5.74) is 0.530. The van der Waals surface area contributed by atoms with Crippen LogP contribution in [0.25, 0.3) is 0 Å². The van der Waals surface area contributed by atoms with E-state index in [1.807, 2.05) is 0 Å². The maximum atomic E-state index is 12.2. The van der Waals surface area contributed by atoms with Gasteiger partial charge in [0.1, 0.15) is 18.0 Å². The molecule has 2 rings (SSSR count). The third-order valence-corrected chi connectivity index (χ3v) is 2.47. The first-order valence-electron chi connectivity index (χ1n) is 5.45. The van der Waals surface area contributed by atoms with Gasteiger partial charge in [-0.15, -0.1) is 0 Å². The maximum absolute atomic E-state index is 12.2. The fourth-order valence-electron chi connectivity index (χ4n) is 1.59. The van der Waals surface area contributed by atoms with E-state index in [1.54, 1.807) is 37.3 Å². The summed E-state index contributed by atoms with van der Waals surface area (Å²) in [6.07, 6.45) is 3.05. The topological polar surface area (TPSA) is 86.8 Å². The van der Waals surface area contributed by atoms with Crippen molar-refractivity contribution in [2.45, 2.75) is 6.54 Å². The van der Waals surface area contributed by atoms with E-state index < -0.39 is 0 Å². The van der Waals surface area contributed by atoms with Gasteiger partial charge in [-0.3, -0.25) is 9.89 Å². The molecule has 0 aliphatic carbocycles. The van der Waals surface area contributed by atoms with Crippen LogP contribution in [-0.4, -0.2) is 45.1 Å². The molecule has 0 bridgehead atoms. The highest BCUT2D eigenvalue weighted by molar-refractivity contribution is 5.98. The molecular weight excluding hydrogens is 232 g/mol. The average molecular weight is 246 g/mol. The summed E-state index contributed by atoms with van der Waals surface area (Å²) in [5.74, 6) is 1.08. The number of nitrogens with zero attached hydrogens (tertiary/aromatic N) is 4. The summed E-state index contributed by atoms with van der Waals surface area (Å²) < 4.78 is 0. The minimum absolute atomic E-state index is 0.121. The van der Waals surface area contributed by atoms with Gasteiger partial charge in [-0.05, 0) is 12.1 Å². The van der Waals surface area contributed by atoms with E-state index in [0.717, 1.165) is 0 Å². The predicted octanol–water partition coefficient (Wildman–Crippen LogP) is 0.514. The fraction of sp³-hybridized carbons (Fsp3) is 0.273. The molecule has 2 aromatic rings. The predicted molar refractivity (Wildman–Crippen MR) is 66.0 cm³/mol. The number of amides is 1. The molecule has 2 N–H and O–H groups in total. The molecule has 0 saturated carbocycles. The summed E-state index contributed by atoms with van der Waals surface area (Å²) in [6, 6.07) is 3.47. The molecule has 2 aromatic heterocycles. The molecule has 0 spiro atoms. The lowest BCUT2D eigenvalue weighted by Gasteiger charge is -2.17. The highest BCUT2D eigenvalue weighted by Gasteiger charge is 2.16. The van der Waals surface area contributed by atoms with E-state index in [9.17, 15) is 4.79 Å². The zero-order valence-corrected chi connectivity index (χ0v) is 10.2. The van der Waals surface area contributed by atoms with Crippen LogP contribution in [0.5, 0.6) is 0 Å². The van der Waals surface area contributed by atoms with E-state index in [2.05, 4.69) is 25.5 Å². The Balaban J connectivity index is 2.15. The molecule has 0 saturated heterocycles. The largest absolute Gasteiger partial charge is 0.372 e. The number of aromatic nitrogens is 4. The highest BCUT2D eigenvalue weighted by Crippen LogP contribution is 2.13. The van der Waals surface area contributed by atoms with E-state index in [-0.39, 0.29) is 5.91 Å². The lowest BCUT2D eigenvalue weighted by atomic mass is 10.2. The fourth-order valence-corrected chi connectivity index (χ4v) is 1.59. The quantitative estimate of drug-likeness (QED) is 0.821. The van der Waals surface area contributed by atoms with Crippen molar-refractivity contribution in [3.05, 3.63) is 36.0 Å². The normalized spacial score (nSPS) is 10.1. The van der Waals surface area contributed by atoms with Crippen LogP contribution in [0.1, 0.15) is 16.2 Å². The number of rotatable bonds is 4. The molecule has 0 aromatic carbocycles. The molecule has 0 fully saturated rings. The minimum Gasteiger partial charge on any atom is -0.372 e. The van der Waals surface area contributed by atoms with Crippen LogP contribution in [0, 0.1) is 0 Å². The third kappa shape index (κ3) is 2.45. The SMILES string of the molecule is CNc1ncccc1C(=O)N(C)Cc1ncn[nH]1. The van der Waals surface area contributed by atoms with Crippen molar-refractivity contribution >= 4 is 11.7 Å². The average Bonchev–Trinajstić information content (AvgIpc) is 2.90. The standard InChI is InChI=1S/C11H14N6O/c1-12-10-8(4-3-5-13-10)11(18)17(2)6-9-14-7-15-16-9/h3-5,7H,6H2,1-2H3,(H,12,13)(H,14,15,16). The summed E-state index contributed by atoms with van der Waals surface area (Å²) in [5, 5.41) is 9.35. The molecule has 2 heterocycles. The van der Waals surface area contributed by atoms with Crippen LogP contribution in [0.4, 0.5) is 5.82 Å². The Hall–Kier alpha value is -2.44. The van der Waals surface area contributed by atoms with Crippen LogP contribution in [0.15, 0.2) is 24.7 Å². The molecular formula is C11H14N6O. The van der Waals surface area contributed by atoms with Gasteiger partial charge in [0.05, 0.1) is 12.1 Å². The number of hydrogen-bond acceptors (Lipinski definition) is 5. The summed E-state index contributed by atoms with van der Waals surface area (Å²) in [4.78, 5) is 21.9.